The van der Waals surface area contributed by atoms with E-state index >= 15 is 0 Å². The van der Waals surface area contributed by atoms with E-state index in [1.54, 1.807) is 12.1 Å². The maximum atomic E-state index is 13.5. The smallest absolute Gasteiger partial charge is 0.149 e. The number of nitrogens with one attached hydrogen (secondary N) is 1. The van der Waals surface area contributed by atoms with Gasteiger partial charge in [-0.1, -0.05) is 12.1 Å². The summed E-state index contributed by atoms with van der Waals surface area (Å²) in [5.74, 6) is -0.972. The predicted octanol–water partition coefficient (Wildman–Crippen LogP) is 3.71. The molecule has 0 aliphatic rings. The first kappa shape index (κ1) is 13.3. The third kappa shape index (κ3) is 3.68. The zero-order valence-corrected chi connectivity index (χ0v) is 10.5. The molecule has 2 nitrogen and oxygen atoms in total. The van der Waals surface area contributed by atoms with Crippen LogP contribution >= 0.6 is 0 Å². The topological polar surface area (TPSA) is 32.3 Å². The molecule has 0 radical (unpaired) electrons. The molecule has 0 spiro atoms. The highest BCUT2D eigenvalue weighted by Gasteiger charge is 2.08. The molecule has 2 aromatic carbocycles. The first-order chi connectivity index (χ1) is 9.04. The highest BCUT2D eigenvalue weighted by Crippen LogP contribution is 2.18. The fraction of sp³-hybridized carbons (Fsp3) is 0.200. The van der Waals surface area contributed by atoms with E-state index in [-0.39, 0.29) is 17.5 Å². The molecule has 0 amide bonds. The maximum Gasteiger partial charge on any atom is 0.149 e. The average molecular weight is 263 g/mol. The Bertz CT molecular complexity index is 555. The number of phenolic OH excluding ortho intramolecular Hbond substituents is 1. The van der Waals surface area contributed by atoms with Crippen molar-refractivity contribution in [2.45, 2.75) is 19.4 Å². The minimum Gasteiger partial charge on any atom is -0.508 e. The molecule has 2 N–H and O–H groups in total. The molecule has 0 bridgehead atoms. The second-order valence-corrected chi connectivity index (χ2v) is 4.54. The average Bonchev–Trinajstić information content (AvgIpc) is 2.36. The van der Waals surface area contributed by atoms with Crippen molar-refractivity contribution in [3.63, 3.8) is 0 Å². The van der Waals surface area contributed by atoms with E-state index in [0.717, 1.165) is 11.6 Å². The first-order valence-corrected chi connectivity index (χ1v) is 6.04. The Morgan fingerprint density at radius 1 is 1.11 bits per heavy atom. The van der Waals surface area contributed by atoms with Crippen molar-refractivity contribution in [3.8, 4) is 5.75 Å². The highest BCUT2D eigenvalue weighted by molar-refractivity contribution is 5.45. The van der Waals surface area contributed by atoms with Crippen molar-refractivity contribution >= 4 is 5.69 Å². The van der Waals surface area contributed by atoms with Gasteiger partial charge in [0.05, 0.1) is 5.69 Å². The highest BCUT2D eigenvalue weighted by atomic mass is 19.1. The summed E-state index contributed by atoms with van der Waals surface area (Å²) >= 11 is 0. The van der Waals surface area contributed by atoms with Gasteiger partial charge in [-0.3, -0.25) is 0 Å². The summed E-state index contributed by atoms with van der Waals surface area (Å²) in [6, 6.07) is 10.3. The van der Waals surface area contributed by atoms with Crippen molar-refractivity contribution in [1.82, 2.24) is 0 Å². The van der Waals surface area contributed by atoms with Gasteiger partial charge in [0.1, 0.15) is 17.4 Å². The van der Waals surface area contributed by atoms with Crippen LogP contribution in [0.5, 0.6) is 5.75 Å². The fourth-order valence-corrected chi connectivity index (χ4v) is 1.91. The van der Waals surface area contributed by atoms with Crippen molar-refractivity contribution in [3.05, 3.63) is 59.7 Å². The molecular formula is C15H15F2NO. The van der Waals surface area contributed by atoms with E-state index in [9.17, 15) is 13.9 Å². The summed E-state index contributed by atoms with van der Waals surface area (Å²) in [6.45, 7) is 1.91. The Morgan fingerprint density at radius 3 is 2.42 bits per heavy atom. The molecule has 2 rings (SSSR count). The summed E-state index contributed by atoms with van der Waals surface area (Å²) in [6.07, 6.45) is 0.678. The van der Waals surface area contributed by atoms with Gasteiger partial charge in [-0.15, -0.1) is 0 Å². The second kappa shape index (κ2) is 5.69. The van der Waals surface area contributed by atoms with Gasteiger partial charge < -0.3 is 10.4 Å². The Labute approximate surface area is 110 Å². The van der Waals surface area contributed by atoms with Crippen LogP contribution in [0.1, 0.15) is 12.5 Å². The molecule has 0 aliphatic carbocycles. The van der Waals surface area contributed by atoms with E-state index in [2.05, 4.69) is 5.32 Å². The minimum absolute atomic E-state index is 0.00972. The van der Waals surface area contributed by atoms with Gasteiger partial charge in [0.2, 0.25) is 0 Å². The lowest BCUT2D eigenvalue weighted by Gasteiger charge is -2.16. The van der Waals surface area contributed by atoms with Crippen LogP contribution in [0.15, 0.2) is 42.5 Å². The lowest BCUT2D eigenvalue weighted by molar-refractivity contribution is 0.475. The summed E-state index contributed by atoms with van der Waals surface area (Å²) < 4.78 is 26.2. The van der Waals surface area contributed by atoms with Crippen LogP contribution < -0.4 is 5.32 Å². The normalized spacial score (nSPS) is 12.2. The molecule has 0 fully saturated rings. The van der Waals surface area contributed by atoms with Gasteiger partial charge in [-0.2, -0.15) is 0 Å². The molecule has 0 aromatic heterocycles. The largest absolute Gasteiger partial charge is 0.508 e. The number of anilines is 1. The minimum atomic E-state index is -0.599. The molecule has 1 atom stereocenters. The Hall–Kier alpha value is -2.10. The van der Waals surface area contributed by atoms with Crippen molar-refractivity contribution < 1.29 is 13.9 Å². The van der Waals surface area contributed by atoms with Crippen LogP contribution in [0.4, 0.5) is 14.5 Å². The van der Waals surface area contributed by atoms with Crippen molar-refractivity contribution in [1.29, 1.82) is 0 Å². The Kier molecular flexibility index (Phi) is 4.00. The fourth-order valence-electron chi connectivity index (χ4n) is 1.91. The Balaban J connectivity index is 2.01. The molecular weight excluding hydrogens is 248 g/mol. The monoisotopic (exact) mass is 263 g/mol. The number of benzene rings is 2. The number of hydrogen-bond donors (Lipinski definition) is 2. The number of halogens is 2. The van der Waals surface area contributed by atoms with Gasteiger partial charge in [0.15, 0.2) is 0 Å². The van der Waals surface area contributed by atoms with Gasteiger partial charge in [0.25, 0.3) is 0 Å². The first-order valence-electron chi connectivity index (χ1n) is 6.04. The van der Waals surface area contributed by atoms with E-state index in [0.29, 0.717) is 6.42 Å². The molecule has 4 heteroatoms. The zero-order valence-electron chi connectivity index (χ0n) is 10.5. The number of phenols is 1. The van der Waals surface area contributed by atoms with Crippen LogP contribution in [-0.4, -0.2) is 11.1 Å². The van der Waals surface area contributed by atoms with Gasteiger partial charge in [0, 0.05) is 12.1 Å². The SMILES string of the molecule is CC(Cc1ccc(O)cc1)Nc1ccc(F)cc1F. The zero-order chi connectivity index (χ0) is 13.8. The van der Waals surface area contributed by atoms with E-state index in [4.69, 9.17) is 0 Å². The quantitative estimate of drug-likeness (QED) is 0.881. The summed E-state index contributed by atoms with van der Waals surface area (Å²) in [5, 5.41) is 12.2. The summed E-state index contributed by atoms with van der Waals surface area (Å²) in [5.41, 5.74) is 1.31. The van der Waals surface area contributed by atoms with Crippen LogP contribution in [0.3, 0.4) is 0 Å². The number of rotatable bonds is 4. The molecule has 0 saturated heterocycles. The molecule has 0 heterocycles. The lowest BCUT2D eigenvalue weighted by Crippen LogP contribution is -2.18. The lowest BCUT2D eigenvalue weighted by atomic mass is 10.1. The van der Waals surface area contributed by atoms with Crippen LogP contribution in [0.25, 0.3) is 0 Å². The van der Waals surface area contributed by atoms with Gasteiger partial charge in [-0.05, 0) is 43.2 Å². The van der Waals surface area contributed by atoms with Gasteiger partial charge in [-0.25, -0.2) is 8.78 Å². The Morgan fingerprint density at radius 2 is 1.79 bits per heavy atom. The van der Waals surface area contributed by atoms with Crippen molar-refractivity contribution in [2.24, 2.45) is 0 Å². The molecule has 100 valence electrons. The second-order valence-electron chi connectivity index (χ2n) is 4.54. The van der Waals surface area contributed by atoms with Crippen LogP contribution in [0, 0.1) is 11.6 Å². The molecule has 19 heavy (non-hydrogen) atoms. The van der Waals surface area contributed by atoms with E-state index in [1.807, 2.05) is 19.1 Å². The summed E-state index contributed by atoms with van der Waals surface area (Å²) in [4.78, 5) is 0. The van der Waals surface area contributed by atoms with Crippen molar-refractivity contribution in [2.75, 3.05) is 5.32 Å². The summed E-state index contributed by atoms with van der Waals surface area (Å²) in [7, 11) is 0. The van der Waals surface area contributed by atoms with Crippen LogP contribution in [0.2, 0.25) is 0 Å². The molecule has 2 aromatic rings. The van der Waals surface area contributed by atoms with E-state index < -0.39 is 11.6 Å². The number of hydrogen-bond acceptors (Lipinski definition) is 2. The molecule has 0 aliphatic heterocycles. The predicted molar refractivity (Wildman–Crippen MR) is 71.3 cm³/mol. The van der Waals surface area contributed by atoms with Crippen LogP contribution in [-0.2, 0) is 6.42 Å². The maximum absolute atomic E-state index is 13.5. The van der Waals surface area contributed by atoms with Gasteiger partial charge >= 0.3 is 0 Å². The molecule has 0 saturated carbocycles. The standard InChI is InChI=1S/C15H15F2NO/c1-10(8-11-2-5-13(19)6-3-11)18-15-7-4-12(16)9-14(15)17/h2-7,9-10,18-19H,8H2,1H3. The third-order valence-electron chi connectivity index (χ3n) is 2.81. The third-order valence-corrected chi connectivity index (χ3v) is 2.81. The van der Waals surface area contributed by atoms with E-state index in [1.165, 1.54) is 12.1 Å². The number of aromatic hydroxyl groups is 1. The molecule has 1 unspecified atom stereocenters.